The van der Waals surface area contributed by atoms with Gasteiger partial charge in [0.05, 0.1) is 17.8 Å². The van der Waals surface area contributed by atoms with Gasteiger partial charge in [0, 0.05) is 55.1 Å². The predicted octanol–water partition coefficient (Wildman–Crippen LogP) is 4.78. The van der Waals surface area contributed by atoms with E-state index >= 15 is 0 Å². The molecule has 8 heteroatoms. The number of nitrogens with one attached hydrogen (secondary N) is 2. The van der Waals surface area contributed by atoms with Gasteiger partial charge in [-0.15, -0.1) is 0 Å². The van der Waals surface area contributed by atoms with Crippen molar-refractivity contribution in [1.82, 2.24) is 20.1 Å². The molecule has 2 amide bonds. The first kappa shape index (κ1) is 26.7. The van der Waals surface area contributed by atoms with E-state index in [-0.39, 0.29) is 36.6 Å². The number of fused-ring (bicyclic) bond motifs is 3. The summed E-state index contributed by atoms with van der Waals surface area (Å²) in [5.41, 5.74) is 3.36. The Hall–Kier alpha value is -3.39. The third-order valence-electron chi connectivity index (χ3n) is 7.36. The lowest BCUT2D eigenvalue weighted by Gasteiger charge is -2.39. The van der Waals surface area contributed by atoms with Gasteiger partial charge < -0.3 is 20.3 Å². The van der Waals surface area contributed by atoms with Gasteiger partial charge in [0.25, 0.3) is 5.91 Å². The quantitative estimate of drug-likeness (QED) is 0.477. The Morgan fingerprint density at radius 3 is 2.70 bits per heavy atom. The third-order valence-corrected chi connectivity index (χ3v) is 7.36. The van der Waals surface area contributed by atoms with Gasteiger partial charge in [-0.25, -0.2) is 4.79 Å². The number of nitrogens with zero attached hydrogens (tertiary/aromatic N) is 3. The second-order valence-corrected chi connectivity index (χ2v) is 10.3. The number of aromatic nitrogens is 1. The van der Waals surface area contributed by atoms with Crippen LogP contribution in [0.4, 0.5) is 10.5 Å². The Kier molecular flexibility index (Phi) is 8.48. The van der Waals surface area contributed by atoms with Crippen LogP contribution < -0.4 is 10.6 Å². The van der Waals surface area contributed by atoms with Crippen LogP contribution in [0.1, 0.15) is 67.8 Å². The summed E-state index contributed by atoms with van der Waals surface area (Å²) in [6.07, 6.45) is 3.80. The lowest BCUT2D eigenvalue weighted by atomic mass is 9.81. The molecule has 2 N–H and O–H groups in total. The van der Waals surface area contributed by atoms with Crippen LogP contribution in [-0.2, 0) is 4.74 Å². The summed E-state index contributed by atoms with van der Waals surface area (Å²) in [5.74, 6) is -0.0138. The fourth-order valence-corrected chi connectivity index (χ4v) is 5.70. The van der Waals surface area contributed by atoms with Gasteiger partial charge in [-0.05, 0) is 70.0 Å². The van der Waals surface area contributed by atoms with Gasteiger partial charge in [-0.3, -0.25) is 14.7 Å². The zero-order chi connectivity index (χ0) is 26.5. The largest absolute Gasteiger partial charge is 0.445 e. The molecule has 0 bridgehead atoms. The molecule has 0 spiro atoms. The molecule has 1 aromatic heterocycles. The number of hydrogen-bond donors (Lipinski definition) is 2. The Balaban J connectivity index is 1.59. The Bertz CT molecular complexity index is 1100. The van der Waals surface area contributed by atoms with Gasteiger partial charge in [-0.2, -0.15) is 0 Å². The lowest BCUT2D eigenvalue weighted by Crippen LogP contribution is -2.42. The molecule has 4 rings (SSSR count). The van der Waals surface area contributed by atoms with E-state index in [1.54, 1.807) is 17.2 Å². The van der Waals surface area contributed by atoms with Gasteiger partial charge in [0.15, 0.2) is 0 Å². The van der Waals surface area contributed by atoms with Crippen LogP contribution in [0.25, 0.3) is 0 Å². The Morgan fingerprint density at radius 2 is 2.03 bits per heavy atom. The van der Waals surface area contributed by atoms with Crippen molar-refractivity contribution in [3.63, 3.8) is 0 Å². The first-order valence-corrected chi connectivity index (χ1v) is 13.2. The first-order chi connectivity index (χ1) is 17.8. The number of anilines is 1. The number of likely N-dealkylation sites (tertiary alicyclic amines) is 1. The molecule has 1 fully saturated rings. The van der Waals surface area contributed by atoms with Crippen LogP contribution in [0.5, 0.6) is 0 Å². The SMILES string of the molecule is C=CCOC(=O)N1CC[C@H]2C(c3ccccn3)Nc3ccc(C(=O)NCCN(C(C)C)C(C)C)cc3[C@H]21. The minimum atomic E-state index is -0.364. The molecule has 3 atom stereocenters. The van der Waals surface area contributed by atoms with Crippen LogP contribution >= 0.6 is 0 Å². The van der Waals surface area contributed by atoms with Crippen molar-refractivity contribution in [3.05, 3.63) is 72.1 Å². The van der Waals surface area contributed by atoms with Crippen molar-refractivity contribution in [2.24, 2.45) is 5.92 Å². The molecular weight excluding hydrogens is 466 g/mol. The van der Waals surface area contributed by atoms with Crippen LogP contribution in [-0.4, -0.2) is 65.1 Å². The van der Waals surface area contributed by atoms with Crippen molar-refractivity contribution in [2.45, 2.75) is 58.3 Å². The van der Waals surface area contributed by atoms with Gasteiger partial charge >= 0.3 is 6.09 Å². The molecule has 3 heterocycles. The zero-order valence-electron chi connectivity index (χ0n) is 22.3. The van der Waals surface area contributed by atoms with Gasteiger partial charge in [-0.1, -0.05) is 18.7 Å². The topological polar surface area (TPSA) is 86.8 Å². The summed E-state index contributed by atoms with van der Waals surface area (Å²) in [4.78, 5) is 34.8. The average Bonchev–Trinajstić information content (AvgIpc) is 3.34. The molecular formula is C29H39N5O3. The number of rotatable bonds is 9. The Morgan fingerprint density at radius 1 is 1.24 bits per heavy atom. The highest BCUT2D eigenvalue weighted by Crippen LogP contribution is 2.51. The predicted molar refractivity (Wildman–Crippen MR) is 145 cm³/mol. The molecule has 2 aliphatic rings. The highest BCUT2D eigenvalue weighted by molar-refractivity contribution is 5.95. The summed E-state index contributed by atoms with van der Waals surface area (Å²) < 4.78 is 5.42. The van der Waals surface area contributed by atoms with E-state index in [9.17, 15) is 9.59 Å². The standard InChI is InChI=1S/C29H39N5O3/c1-6-17-37-29(36)34-15-12-22-26(25-9-7-8-13-30-25)32-24-11-10-21(18-23(24)27(22)34)28(35)31-14-16-33(19(2)3)20(4)5/h6-11,13,18-20,22,26-27,32H,1,12,14-17H2,2-5H3,(H,31,35)/t22-,26?,27-/m0/s1. The third kappa shape index (κ3) is 5.80. The Labute approximate surface area is 220 Å². The highest BCUT2D eigenvalue weighted by atomic mass is 16.6. The van der Waals surface area contributed by atoms with E-state index < -0.39 is 0 Å². The van der Waals surface area contributed by atoms with Crippen LogP contribution in [0.15, 0.2) is 55.3 Å². The first-order valence-electron chi connectivity index (χ1n) is 13.2. The number of benzene rings is 1. The molecule has 2 aliphatic heterocycles. The molecule has 37 heavy (non-hydrogen) atoms. The maximum absolute atomic E-state index is 13.1. The maximum Gasteiger partial charge on any atom is 0.410 e. The van der Waals surface area contributed by atoms with E-state index in [4.69, 9.17) is 4.74 Å². The fraction of sp³-hybridized carbons (Fsp3) is 0.483. The average molecular weight is 506 g/mol. The van der Waals surface area contributed by atoms with Gasteiger partial charge in [0.2, 0.25) is 0 Å². The molecule has 0 saturated carbocycles. The number of hydrogen-bond acceptors (Lipinski definition) is 6. The van der Waals surface area contributed by atoms with E-state index in [1.807, 2.05) is 36.4 Å². The van der Waals surface area contributed by atoms with E-state index in [2.05, 4.69) is 54.8 Å². The molecule has 0 aliphatic carbocycles. The number of pyridine rings is 1. The van der Waals surface area contributed by atoms with Crippen LogP contribution in [0, 0.1) is 5.92 Å². The van der Waals surface area contributed by atoms with Crippen LogP contribution in [0.2, 0.25) is 0 Å². The molecule has 1 unspecified atom stereocenters. The van der Waals surface area contributed by atoms with E-state index in [1.165, 1.54) is 0 Å². The second-order valence-electron chi connectivity index (χ2n) is 10.3. The molecule has 2 aromatic rings. The van der Waals surface area contributed by atoms with Gasteiger partial charge in [0.1, 0.15) is 6.61 Å². The molecule has 1 saturated heterocycles. The normalized spacial score (nSPS) is 20.4. The fourth-order valence-electron chi connectivity index (χ4n) is 5.70. The van der Waals surface area contributed by atoms with Crippen molar-refractivity contribution in [2.75, 3.05) is 31.6 Å². The van der Waals surface area contributed by atoms with Crippen molar-refractivity contribution >= 4 is 17.7 Å². The maximum atomic E-state index is 13.1. The summed E-state index contributed by atoms with van der Waals surface area (Å²) >= 11 is 0. The van der Waals surface area contributed by atoms with Crippen molar-refractivity contribution in [1.29, 1.82) is 0 Å². The molecule has 198 valence electrons. The number of carbonyl (C=O) groups is 2. The van der Waals surface area contributed by atoms with E-state index in [0.29, 0.717) is 30.7 Å². The minimum Gasteiger partial charge on any atom is -0.445 e. The summed E-state index contributed by atoms with van der Waals surface area (Å²) in [5, 5.41) is 6.72. The minimum absolute atomic E-state index is 0.0476. The molecule has 1 aromatic carbocycles. The lowest BCUT2D eigenvalue weighted by molar-refractivity contribution is 0.0939. The molecule has 0 radical (unpaired) electrons. The monoisotopic (exact) mass is 505 g/mol. The number of amides is 2. The second kappa shape index (κ2) is 11.8. The zero-order valence-corrected chi connectivity index (χ0v) is 22.3. The van der Waals surface area contributed by atoms with Crippen molar-refractivity contribution in [3.8, 4) is 0 Å². The summed E-state index contributed by atoms with van der Waals surface area (Å²) in [6, 6.07) is 12.1. The van der Waals surface area contributed by atoms with Crippen LogP contribution in [0.3, 0.4) is 0 Å². The smallest absolute Gasteiger partial charge is 0.410 e. The summed E-state index contributed by atoms with van der Waals surface area (Å²) in [7, 11) is 0. The number of ether oxygens (including phenoxy) is 1. The van der Waals surface area contributed by atoms with E-state index in [0.717, 1.165) is 29.9 Å². The number of carbonyl (C=O) groups excluding carboxylic acids is 2. The molecule has 8 nitrogen and oxygen atoms in total. The summed E-state index contributed by atoms with van der Waals surface area (Å²) in [6.45, 7) is 14.4. The highest BCUT2D eigenvalue weighted by Gasteiger charge is 2.47. The van der Waals surface area contributed by atoms with Crippen molar-refractivity contribution < 1.29 is 14.3 Å².